The molecule has 0 aliphatic carbocycles. The van der Waals surface area contributed by atoms with Crippen LogP contribution in [0.15, 0.2) is 54.6 Å². The third kappa shape index (κ3) is 3.77. The van der Waals surface area contributed by atoms with Crippen LogP contribution in [0.1, 0.15) is 5.56 Å². The second-order valence-electron chi connectivity index (χ2n) is 3.00. The Labute approximate surface area is 94.8 Å². The summed E-state index contributed by atoms with van der Waals surface area (Å²) in [7, 11) is 0. The molecule has 80 valence electrons. The molecule has 2 rings (SSSR count). The van der Waals surface area contributed by atoms with Crippen LogP contribution in [0.2, 0.25) is 0 Å². The zero-order valence-corrected chi connectivity index (χ0v) is 8.67. The molecule has 0 unspecified atom stereocenters. The largest absolute Gasteiger partial charge is 0.504 e. The molecule has 0 heterocycles. The fourth-order valence-corrected chi connectivity index (χ4v) is 0.998. The third-order valence-corrected chi connectivity index (χ3v) is 1.81. The van der Waals surface area contributed by atoms with Gasteiger partial charge in [0, 0.05) is 5.56 Å². The third-order valence-electron chi connectivity index (χ3n) is 1.81. The number of hydrogen-bond acceptors (Lipinski definition) is 2. The van der Waals surface area contributed by atoms with Crippen molar-refractivity contribution in [3.63, 3.8) is 0 Å². The Morgan fingerprint density at radius 1 is 0.812 bits per heavy atom. The molecule has 0 saturated carbocycles. The summed E-state index contributed by atoms with van der Waals surface area (Å²) in [5, 5.41) is 17.7. The van der Waals surface area contributed by atoms with E-state index in [9.17, 15) is 0 Å². The Balaban J connectivity index is 0.000000181. The van der Waals surface area contributed by atoms with Crippen molar-refractivity contribution in [2.24, 2.45) is 0 Å². The van der Waals surface area contributed by atoms with Gasteiger partial charge in [-0.3, -0.25) is 0 Å². The van der Waals surface area contributed by atoms with Crippen molar-refractivity contribution in [3.8, 4) is 23.8 Å². The van der Waals surface area contributed by atoms with Gasteiger partial charge in [-0.2, -0.15) is 0 Å². The molecular weight excluding hydrogens is 200 g/mol. The van der Waals surface area contributed by atoms with Crippen LogP contribution in [0.25, 0.3) is 0 Å². The van der Waals surface area contributed by atoms with Gasteiger partial charge in [-0.1, -0.05) is 42.3 Å². The fraction of sp³-hybridized carbons (Fsp3) is 0. The zero-order chi connectivity index (χ0) is 11.8. The van der Waals surface area contributed by atoms with Crippen molar-refractivity contribution >= 4 is 0 Å². The number of phenolic OH excluding ortho intramolecular Hbond substituents is 2. The quantitative estimate of drug-likeness (QED) is 0.520. The molecule has 2 nitrogen and oxygen atoms in total. The van der Waals surface area contributed by atoms with Crippen LogP contribution in [-0.4, -0.2) is 10.2 Å². The predicted octanol–water partition coefficient (Wildman–Crippen LogP) is 2.77. The minimum Gasteiger partial charge on any atom is -0.504 e. The second-order valence-corrected chi connectivity index (χ2v) is 3.00. The lowest BCUT2D eigenvalue weighted by Crippen LogP contribution is -1.72. The molecule has 0 aromatic heterocycles. The van der Waals surface area contributed by atoms with Crippen LogP contribution < -0.4 is 0 Å². The maximum absolute atomic E-state index is 8.89. The maximum atomic E-state index is 8.89. The number of rotatable bonds is 0. The second kappa shape index (κ2) is 6.15. The highest BCUT2D eigenvalue weighted by molar-refractivity contribution is 5.45. The minimum atomic E-state index is -0.185. The Bertz CT molecular complexity index is 443. The van der Waals surface area contributed by atoms with Gasteiger partial charge in [0.2, 0.25) is 0 Å². The average molecular weight is 212 g/mol. The van der Waals surface area contributed by atoms with E-state index in [0.29, 0.717) is 5.56 Å². The maximum Gasteiger partial charge on any atom is 0.158 e. The molecule has 2 aromatic rings. The van der Waals surface area contributed by atoms with Gasteiger partial charge in [-0.25, -0.2) is 0 Å². The summed E-state index contributed by atoms with van der Waals surface area (Å²) in [5.74, 6) is 1.99. The first-order valence-electron chi connectivity index (χ1n) is 4.72. The lowest BCUT2D eigenvalue weighted by molar-refractivity contribution is 0.403. The first-order valence-corrected chi connectivity index (χ1v) is 4.72. The first-order chi connectivity index (χ1) is 7.74. The first kappa shape index (κ1) is 11.7. The van der Waals surface area contributed by atoms with Crippen LogP contribution in [0.4, 0.5) is 0 Å². The summed E-state index contributed by atoms with van der Waals surface area (Å²) >= 11 is 0. The highest BCUT2D eigenvalue weighted by Crippen LogP contribution is 2.24. The fourth-order valence-electron chi connectivity index (χ4n) is 0.998. The molecule has 0 amide bonds. The lowest BCUT2D eigenvalue weighted by atomic mass is 10.2. The van der Waals surface area contributed by atoms with E-state index in [0.717, 1.165) is 0 Å². The number of benzene rings is 2. The molecule has 16 heavy (non-hydrogen) atoms. The molecule has 0 bridgehead atoms. The van der Waals surface area contributed by atoms with Crippen molar-refractivity contribution < 1.29 is 10.2 Å². The number of hydrogen-bond donors (Lipinski definition) is 2. The summed E-state index contributed by atoms with van der Waals surface area (Å²) in [6, 6.07) is 16.2. The van der Waals surface area contributed by atoms with E-state index in [4.69, 9.17) is 16.6 Å². The Morgan fingerprint density at radius 3 is 1.69 bits per heavy atom. The van der Waals surface area contributed by atoms with Crippen molar-refractivity contribution in [1.29, 1.82) is 0 Å². The van der Waals surface area contributed by atoms with Gasteiger partial charge in [0.1, 0.15) is 0 Å². The predicted molar refractivity (Wildman–Crippen MR) is 64.1 cm³/mol. The molecule has 2 aromatic carbocycles. The summed E-state index contributed by atoms with van der Waals surface area (Å²) in [6.07, 6.45) is 5.03. The highest BCUT2D eigenvalue weighted by atomic mass is 16.3. The van der Waals surface area contributed by atoms with Gasteiger partial charge < -0.3 is 10.2 Å². The van der Waals surface area contributed by atoms with Crippen LogP contribution in [0, 0.1) is 12.3 Å². The SMILES string of the molecule is C#Cc1ccc(O)c(O)c1.c1ccccc1. The Hall–Kier alpha value is -2.40. The van der Waals surface area contributed by atoms with E-state index in [1.54, 1.807) is 6.07 Å². The summed E-state index contributed by atoms with van der Waals surface area (Å²) in [4.78, 5) is 0. The van der Waals surface area contributed by atoms with E-state index >= 15 is 0 Å². The van der Waals surface area contributed by atoms with Gasteiger partial charge in [0.05, 0.1) is 0 Å². The van der Waals surface area contributed by atoms with E-state index < -0.39 is 0 Å². The van der Waals surface area contributed by atoms with Crippen molar-refractivity contribution in [1.82, 2.24) is 0 Å². The van der Waals surface area contributed by atoms with E-state index in [1.165, 1.54) is 12.1 Å². The van der Waals surface area contributed by atoms with Crippen LogP contribution in [0.5, 0.6) is 11.5 Å². The standard InChI is InChI=1S/C8H6O2.C6H6/c1-2-6-3-4-7(9)8(10)5-6;1-2-4-6-5-3-1/h1,3-5,9-10H;1-6H. The summed E-state index contributed by atoms with van der Waals surface area (Å²) in [5.41, 5.74) is 0.551. The molecule has 0 saturated heterocycles. The van der Waals surface area contributed by atoms with Crippen molar-refractivity contribution in [2.75, 3.05) is 0 Å². The van der Waals surface area contributed by atoms with Crippen molar-refractivity contribution in [2.45, 2.75) is 0 Å². The van der Waals surface area contributed by atoms with Gasteiger partial charge in [0.25, 0.3) is 0 Å². The zero-order valence-electron chi connectivity index (χ0n) is 8.67. The van der Waals surface area contributed by atoms with Crippen LogP contribution in [0.3, 0.4) is 0 Å². The number of terminal acetylenes is 1. The number of phenols is 2. The molecule has 0 spiro atoms. The van der Waals surface area contributed by atoms with E-state index in [1.807, 2.05) is 36.4 Å². The summed E-state index contributed by atoms with van der Waals surface area (Å²) in [6.45, 7) is 0. The van der Waals surface area contributed by atoms with Gasteiger partial charge in [-0.05, 0) is 18.2 Å². The molecule has 0 fully saturated rings. The van der Waals surface area contributed by atoms with E-state index in [2.05, 4.69) is 5.92 Å². The average Bonchev–Trinajstić information content (AvgIpc) is 2.36. The molecule has 0 atom stereocenters. The Morgan fingerprint density at radius 2 is 1.31 bits per heavy atom. The van der Waals surface area contributed by atoms with Crippen molar-refractivity contribution in [3.05, 3.63) is 60.2 Å². The Kier molecular flexibility index (Phi) is 4.49. The molecule has 0 radical (unpaired) electrons. The minimum absolute atomic E-state index is 0.154. The smallest absolute Gasteiger partial charge is 0.158 e. The lowest BCUT2D eigenvalue weighted by Gasteiger charge is -1.95. The van der Waals surface area contributed by atoms with Gasteiger partial charge in [0.15, 0.2) is 11.5 Å². The number of aromatic hydroxyl groups is 2. The monoisotopic (exact) mass is 212 g/mol. The molecule has 0 aliphatic rings. The van der Waals surface area contributed by atoms with E-state index in [-0.39, 0.29) is 11.5 Å². The van der Waals surface area contributed by atoms with Gasteiger partial charge in [-0.15, -0.1) is 6.42 Å². The summed E-state index contributed by atoms with van der Waals surface area (Å²) < 4.78 is 0. The molecular formula is C14H12O2. The topological polar surface area (TPSA) is 40.5 Å². The van der Waals surface area contributed by atoms with Crippen LogP contribution in [-0.2, 0) is 0 Å². The normalized spacial score (nSPS) is 8.44. The van der Waals surface area contributed by atoms with Crippen LogP contribution >= 0.6 is 0 Å². The molecule has 2 N–H and O–H groups in total. The molecule has 2 heteroatoms. The highest BCUT2D eigenvalue weighted by Gasteiger charge is 1.96. The molecule has 0 aliphatic heterocycles. The van der Waals surface area contributed by atoms with Gasteiger partial charge >= 0.3 is 0 Å².